The molecule has 0 N–H and O–H groups in total. The third-order valence-corrected chi connectivity index (χ3v) is 2.38. The Morgan fingerprint density at radius 2 is 2.23 bits per heavy atom. The van der Waals surface area contributed by atoms with Crippen LogP contribution >= 0.6 is 0 Å². The third-order valence-electron chi connectivity index (χ3n) is 1.67. The van der Waals surface area contributed by atoms with E-state index in [-0.39, 0.29) is 5.78 Å². The molecule has 1 rings (SSSR count). The Morgan fingerprint density at radius 3 is 2.77 bits per heavy atom. The number of methoxy groups -OCH3 is 1. The average Bonchev–Trinajstić information content (AvgIpc) is 2.07. The first-order chi connectivity index (χ1) is 6.13. The van der Waals surface area contributed by atoms with Crippen molar-refractivity contribution in [1.29, 1.82) is 0 Å². The summed E-state index contributed by atoms with van der Waals surface area (Å²) < 4.78 is 6.29. The number of Topliss-reactive ketones (excluding diaryl/α,β-unsaturated/α-hetero) is 1. The summed E-state index contributed by atoms with van der Waals surface area (Å²) in [7, 11) is 1.62. The number of ether oxygens (including phenoxy) is 1. The molecule has 0 aliphatic heterocycles. The molecule has 0 saturated heterocycles. The van der Waals surface area contributed by atoms with Crippen LogP contribution in [-0.2, 0) is 31.0 Å². The molecular formula is C10H11O2Pt. The van der Waals surface area contributed by atoms with E-state index in [4.69, 9.17) is 4.74 Å². The first kappa shape index (κ1) is 10.5. The molecule has 0 aliphatic carbocycles. The van der Waals surface area contributed by atoms with E-state index in [1.807, 2.05) is 18.2 Å². The molecule has 0 aromatic heterocycles. The van der Waals surface area contributed by atoms with Crippen LogP contribution in [0.25, 0.3) is 0 Å². The molecule has 0 bridgehead atoms. The van der Waals surface area contributed by atoms with Crippen LogP contribution in [0.1, 0.15) is 12.5 Å². The van der Waals surface area contributed by atoms with E-state index in [1.54, 1.807) is 14.0 Å². The molecule has 0 heterocycles. The molecule has 13 heavy (non-hydrogen) atoms. The molecule has 0 unspecified atom stereocenters. The van der Waals surface area contributed by atoms with E-state index >= 15 is 0 Å². The maximum atomic E-state index is 10.9. The molecule has 1 aromatic rings. The first-order valence-electron chi connectivity index (χ1n) is 3.92. The van der Waals surface area contributed by atoms with Gasteiger partial charge in [0.05, 0.1) is 0 Å². The Bertz CT molecular complexity index is 321. The minimum absolute atomic E-state index is 0.153. The quantitative estimate of drug-likeness (QED) is 0.806. The Kier molecular flexibility index (Phi) is 3.68. The van der Waals surface area contributed by atoms with Crippen molar-refractivity contribution in [2.24, 2.45) is 0 Å². The maximum absolute atomic E-state index is 10.9. The van der Waals surface area contributed by atoms with Gasteiger partial charge in [0, 0.05) is 0 Å². The standard InChI is InChI=1S/C10H11O2.Pt/c1-8(11)7-9-5-3-4-6-10(9)12-2;/h3,5-6H,7H2,1-2H3;. The van der Waals surface area contributed by atoms with Crippen LogP contribution in [0.2, 0.25) is 0 Å². The normalized spacial score (nSPS) is 9.85. The fourth-order valence-corrected chi connectivity index (χ4v) is 1.61. The van der Waals surface area contributed by atoms with Crippen LogP contribution < -0.4 is 8.69 Å². The summed E-state index contributed by atoms with van der Waals surface area (Å²) in [5, 5.41) is 0. The Balaban J connectivity index is 2.99. The molecule has 0 spiro atoms. The Hall–Kier alpha value is -0.622. The number of ketones is 1. The van der Waals surface area contributed by atoms with Gasteiger partial charge in [-0.25, -0.2) is 0 Å². The zero-order valence-corrected chi connectivity index (χ0v) is 9.84. The zero-order chi connectivity index (χ0) is 9.84. The molecule has 0 atom stereocenters. The number of rotatable bonds is 3. The van der Waals surface area contributed by atoms with E-state index in [1.165, 1.54) is 0 Å². The van der Waals surface area contributed by atoms with Crippen molar-refractivity contribution >= 4 is 9.74 Å². The molecule has 2 nitrogen and oxygen atoms in total. The average molecular weight is 358 g/mol. The molecule has 3 heteroatoms. The second kappa shape index (κ2) is 4.57. The van der Waals surface area contributed by atoms with E-state index in [0.29, 0.717) is 6.42 Å². The number of hydrogen-bond donors (Lipinski definition) is 0. The summed E-state index contributed by atoms with van der Waals surface area (Å²) in [4.78, 5) is 10.9. The van der Waals surface area contributed by atoms with Gasteiger partial charge >= 0.3 is 89.0 Å². The monoisotopic (exact) mass is 358 g/mol. The van der Waals surface area contributed by atoms with Gasteiger partial charge in [0.2, 0.25) is 0 Å². The summed E-state index contributed by atoms with van der Waals surface area (Å²) in [6.07, 6.45) is 0.445. The van der Waals surface area contributed by atoms with Crippen molar-refractivity contribution in [3.8, 4) is 5.75 Å². The van der Waals surface area contributed by atoms with Crippen LogP contribution in [-0.4, -0.2) is 12.9 Å². The number of carbonyl (C=O) groups is 1. The molecule has 1 aromatic carbocycles. The van der Waals surface area contributed by atoms with Gasteiger partial charge in [-0.3, -0.25) is 0 Å². The molecular weight excluding hydrogens is 347 g/mol. The zero-order valence-electron chi connectivity index (χ0n) is 7.57. The number of carbonyl (C=O) groups excluding carboxylic acids is 1. The second-order valence-corrected chi connectivity index (χ2v) is 4.11. The fourth-order valence-electron chi connectivity index (χ4n) is 1.12. The van der Waals surface area contributed by atoms with Crippen LogP contribution in [0, 0.1) is 0 Å². The predicted molar refractivity (Wildman–Crippen MR) is 47.0 cm³/mol. The summed E-state index contributed by atoms with van der Waals surface area (Å²) in [6.45, 7) is 1.58. The molecule has 0 aliphatic rings. The van der Waals surface area contributed by atoms with Gasteiger partial charge < -0.3 is 0 Å². The van der Waals surface area contributed by atoms with Gasteiger partial charge in [0.1, 0.15) is 0 Å². The van der Waals surface area contributed by atoms with Crippen molar-refractivity contribution in [3.63, 3.8) is 0 Å². The van der Waals surface area contributed by atoms with Crippen LogP contribution in [0.4, 0.5) is 0 Å². The molecule has 0 amide bonds. The van der Waals surface area contributed by atoms with Crippen molar-refractivity contribution in [2.45, 2.75) is 13.3 Å². The molecule has 0 saturated carbocycles. The Labute approximate surface area is 89.2 Å². The summed E-state index contributed by atoms with van der Waals surface area (Å²) >= 11 is 2.20. The minimum atomic E-state index is 0.153. The van der Waals surface area contributed by atoms with Crippen LogP contribution in [0.15, 0.2) is 18.2 Å². The van der Waals surface area contributed by atoms with E-state index < -0.39 is 0 Å². The summed E-state index contributed by atoms with van der Waals surface area (Å²) in [5.74, 6) is 0.947. The van der Waals surface area contributed by atoms with Crippen molar-refractivity contribution in [2.75, 3.05) is 7.11 Å². The van der Waals surface area contributed by atoms with Gasteiger partial charge in [-0.2, -0.15) is 0 Å². The number of benzene rings is 1. The van der Waals surface area contributed by atoms with Crippen molar-refractivity contribution in [3.05, 3.63) is 23.8 Å². The van der Waals surface area contributed by atoms with Crippen molar-refractivity contribution in [1.82, 2.24) is 0 Å². The third kappa shape index (κ3) is 2.96. The summed E-state index contributed by atoms with van der Waals surface area (Å²) in [5.41, 5.74) is 0.954. The van der Waals surface area contributed by atoms with E-state index in [2.05, 4.69) is 19.8 Å². The van der Waals surface area contributed by atoms with E-state index in [9.17, 15) is 4.79 Å². The van der Waals surface area contributed by atoms with Gasteiger partial charge in [-0.15, -0.1) is 0 Å². The summed E-state index contributed by atoms with van der Waals surface area (Å²) in [6, 6.07) is 5.84. The first-order valence-corrected chi connectivity index (χ1v) is 5.06. The van der Waals surface area contributed by atoms with Crippen LogP contribution in [0.3, 0.4) is 0 Å². The molecule has 0 radical (unpaired) electrons. The predicted octanol–water partition coefficient (Wildman–Crippen LogP) is 0.999. The fraction of sp³-hybridized carbons (Fsp3) is 0.300. The topological polar surface area (TPSA) is 26.3 Å². The van der Waals surface area contributed by atoms with Gasteiger partial charge in [-0.05, 0) is 0 Å². The van der Waals surface area contributed by atoms with Gasteiger partial charge in [0.15, 0.2) is 0 Å². The second-order valence-electron chi connectivity index (χ2n) is 2.80. The van der Waals surface area contributed by atoms with Gasteiger partial charge in [0.25, 0.3) is 0 Å². The van der Waals surface area contributed by atoms with Crippen molar-refractivity contribution < 1.29 is 29.3 Å². The van der Waals surface area contributed by atoms with E-state index in [0.717, 1.165) is 15.3 Å². The Morgan fingerprint density at radius 1 is 1.54 bits per heavy atom. The number of hydrogen-bond acceptors (Lipinski definition) is 2. The SMILES string of the molecule is COc1c[c]([Pt])ccc1CC(C)=O. The van der Waals surface area contributed by atoms with Crippen LogP contribution in [0.5, 0.6) is 5.75 Å². The molecule has 73 valence electrons. The van der Waals surface area contributed by atoms with Gasteiger partial charge in [-0.1, -0.05) is 0 Å². The molecule has 0 fully saturated rings.